The molecule has 5 nitrogen and oxygen atoms in total. The monoisotopic (exact) mass is 385 g/mol. The topological polar surface area (TPSA) is 63.2 Å². The fourth-order valence-corrected chi connectivity index (χ4v) is 4.33. The number of benzene rings is 2. The lowest BCUT2D eigenvalue weighted by Crippen LogP contribution is -2.54. The minimum atomic E-state index is -0.712. The molecule has 0 aliphatic carbocycles. The summed E-state index contributed by atoms with van der Waals surface area (Å²) in [5.41, 5.74) is 4.45. The smallest absolute Gasteiger partial charge is 0.243 e. The highest BCUT2D eigenvalue weighted by molar-refractivity contribution is 5.88. The molecular weight excluding hydrogens is 362 g/mol. The van der Waals surface area contributed by atoms with E-state index in [0.29, 0.717) is 19.4 Å². The Hall–Kier alpha value is -3.34. The molecule has 5 heteroatoms. The fraction of sp³-hybridized carbons (Fsp3) is 0.250. The van der Waals surface area contributed by atoms with Gasteiger partial charge in [0.15, 0.2) is 0 Å². The second-order valence-electron chi connectivity index (χ2n) is 7.77. The molecule has 29 heavy (non-hydrogen) atoms. The average Bonchev–Trinajstić information content (AvgIpc) is 3.19. The number of aryl methyl sites for hydroxylation is 1. The Labute approximate surface area is 170 Å². The Morgan fingerprint density at radius 3 is 2.79 bits per heavy atom. The molecule has 1 aromatic heterocycles. The number of aromatic nitrogens is 1. The maximum absolute atomic E-state index is 13.4. The van der Waals surface area contributed by atoms with Crippen molar-refractivity contribution in [2.75, 3.05) is 11.9 Å². The van der Waals surface area contributed by atoms with Crippen LogP contribution in [0.2, 0.25) is 0 Å². The fourth-order valence-electron chi connectivity index (χ4n) is 4.33. The molecule has 1 unspecified atom stereocenters. The summed E-state index contributed by atoms with van der Waals surface area (Å²) in [7, 11) is 0. The lowest BCUT2D eigenvalue weighted by Gasteiger charge is -2.39. The van der Waals surface area contributed by atoms with Gasteiger partial charge in [-0.1, -0.05) is 48.0 Å². The van der Waals surface area contributed by atoms with Gasteiger partial charge in [-0.05, 0) is 36.2 Å². The summed E-state index contributed by atoms with van der Waals surface area (Å²) in [6.45, 7) is 2.58. The first-order chi connectivity index (χ1) is 14.2. The van der Waals surface area contributed by atoms with Crippen LogP contribution in [0.1, 0.15) is 28.8 Å². The third-order valence-corrected chi connectivity index (χ3v) is 5.88. The van der Waals surface area contributed by atoms with E-state index in [1.165, 1.54) is 11.1 Å². The van der Waals surface area contributed by atoms with Crippen LogP contribution in [0.15, 0.2) is 66.9 Å². The van der Waals surface area contributed by atoms with Gasteiger partial charge in [-0.25, -0.2) is 0 Å². The van der Waals surface area contributed by atoms with Crippen LogP contribution in [0.5, 0.6) is 5.75 Å². The molecule has 0 saturated carbocycles. The molecule has 3 aromatic rings. The highest BCUT2D eigenvalue weighted by atomic mass is 16.5. The SMILES string of the molecule is Cc1ccc([C@@]2(NC(=O)C3Cc4ccccc4N3)CCOc3cccnc32)cc1. The Morgan fingerprint density at radius 1 is 1.14 bits per heavy atom. The number of amides is 1. The van der Waals surface area contributed by atoms with E-state index in [0.717, 1.165) is 22.7 Å². The molecule has 2 aliphatic rings. The normalized spacial score (nSPS) is 22.0. The van der Waals surface area contributed by atoms with Gasteiger partial charge in [-0.2, -0.15) is 0 Å². The third-order valence-electron chi connectivity index (χ3n) is 5.88. The molecule has 0 saturated heterocycles. The van der Waals surface area contributed by atoms with E-state index in [9.17, 15) is 4.79 Å². The van der Waals surface area contributed by atoms with Crippen LogP contribution in [0, 0.1) is 6.92 Å². The highest BCUT2D eigenvalue weighted by Crippen LogP contribution is 2.41. The van der Waals surface area contributed by atoms with Crippen LogP contribution in [0.25, 0.3) is 0 Å². The molecule has 2 aliphatic heterocycles. The van der Waals surface area contributed by atoms with Crippen LogP contribution < -0.4 is 15.4 Å². The van der Waals surface area contributed by atoms with Gasteiger partial charge in [0.2, 0.25) is 5.91 Å². The minimum absolute atomic E-state index is 0.0275. The lowest BCUT2D eigenvalue weighted by atomic mass is 9.81. The molecule has 2 N–H and O–H groups in total. The number of rotatable bonds is 3. The number of fused-ring (bicyclic) bond motifs is 2. The van der Waals surface area contributed by atoms with Crippen molar-refractivity contribution in [1.29, 1.82) is 0 Å². The predicted molar refractivity (Wildman–Crippen MR) is 112 cm³/mol. The summed E-state index contributed by atoms with van der Waals surface area (Å²) in [4.78, 5) is 18.0. The van der Waals surface area contributed by atoms with Gasteiger partial charge in [0.1, 0.15) is 23.0 Å². The first-order valence-corrected chi connectivity index (χ1v) is 9.98. The van der Waals surface area contributed by atoms with Crippen LogP contribution in [-0.4, -0.2) is 23.5 Å². The zero-order valence-electron chi connectivity index (χ0n) is 16.3. The van der Waals surface area contributed by atoms with Crippen molar-refractivity contribution in [1.82, 2.24) is 10.3 Å². The number of hydrogen-bond acceptors (Lipinski definition) is 4. The van der Waals surface area contributed by atoms with Crippen molar-refractivity contribution < 1.29 is 9.53 Å². The Bertz CT molecular complexity index is 1040. The van der Waals surface area contributed by atoms with Gasteiger partial charge in [0, 0.05) is 24.7 Å². The molecule has 0 fully saturated rings. The van der Waals surface area contributed by atoms with E-state index in [2.05, 4.69) is 52.9 Å². The number of hydrogen-bond donors (Lipinski definition) is 2. The number of para-hydroxylation sites is 1. The molecular formula is C24H23N3O2. The van der Waals surface area contributed by atoms with Gasteiger partial charge >= 0.3 is 0 Å². The van der Waals surface area contributed by atoms with Gasteiger partial charge in [0.05, 0.1) is 6.61 Å². The summed E-state index contributed by atoms with van der Waals surface area (Å²) in [6, 6.07) is 19.9. The zero-order valence-corrected chi connectivity index (χ0v) is 16.3. The summed E-state index contributed by atoms with van der Waals surface area (Å²) < 4.78 is 5.85. The van der Waals surface area contributed by atoms with Gasteiger partial charge in [-0.3, -0.25) is 9.78 Å². The number of carbonyl (C=O) groups is 1. The van der Waals surface area contributed by atoms with E-state index in [1.807, 2.05) is 30.3 Å². The number of anilines is 1. The minimum Gasteiger partial charge on any atom is -0.491 e. The maximum atomic E-state index is 13.4. The zero-order chi connectivity index (χ0) is 19.8. The largest absolute Gasteiger partial charge is 0.491 e. The summed E-state index contributed by atoms with van der Waals surface area (Å²) >= 11 is 0. The standard InChI is InChI=1S/C24H23N3O2/c1-16-8-10-18(11-9-16)24(12-14-29-21-7-4-13-25-22(21)24)27-23(28)20-15-17-5-2-3-6-19(17)26-20/h2-11,13,20,26H,12,14-15H2,1H3,(H,27,28)/t20?,24-/m0/s1. The maximum Gasteiger partial charge on any atom is 0.243 e. The number of nitrogens with one attached hydrogen (secondary N) is 2. The lowest BCUT2D eigenvalue weighted by molar-refractivity contribution is -0.123. The van der Waals surface area contributed by atoms with Crippen molar-refractivity contribution >= 4 is 11.6 Å². The van der Waals surface area contributed by atoms with E-state index in [1.54, 1.807) is 6.20 Å². The van der Waals surface area contributed by atoms with Crippen LogP contribution in [0.3, 0.4) is 0 Å². The van der Waals surface area contributed by atoms with Crippen molar-refractivity contribution in [2.24, 2.45) is 0 Å². The first-order valence-electron chi connectivity index (χ1n) is 9.98. The van der Waals surface area contributed by atoms with E-state index in [4.69, 9.17) is 4.74 Å². The molecule has 0 radical (unpaired) electrons. The molecule has 2 aromatic carbocycles. The number of nitrogens with zero attached hydrogens (tertiary/aromatic N) is 1. The molecule has 3 heterocycles. The second kappa shape index (κ2) is 6.92. The molecule has 0 spiro atoms. The molecule has 1 amide bonds. The van der Waals surface area contributed by atoms with Crippen LogP contribution >= 0.6 is 0 Å². The first kappa shape index (κ1) is 17.7. The van der Waals surface area contributed by atoms with Crippen LogP contribution in [-0.2, 0) is 16.8 Å². The summed E-state index contributed by atoms with van der Waals surface area (Å²) in [5.74, 6) is 0.697. The Balaban J connectivity index is 1.53. The van der Waals surface area contributed by atoms with Crippen molar-refractivity contribution in [2.45, 2.75) is 31.3 Å². The van der Waals surface area contributed by atoms with E-state index < -0.39 is 5.54 Å². The van der Waals surface area contributed by atoms with Crippen molar-refractivity contribution in [3.63, 3.8) is 0 Å². The molecule has 146 valence electrons. The van der Waals surface area contributed by atoms with Crippen molar-refractivity contribution in [3.8, 4) is 5.75 Å². The average molecular weight is 385 g/mol. The second-order valence-corrected chi connectivity index (χ2v) is 7.77. The summed E-state index contributed by atoms with van der Waals surface area (Å²) in [5, 5.41) is 6.72. The molecule has 0 bridgehead atoms. The van der Waals surface area contributed by atoms with Gasteiger partial charge in [-0.15, -0.1) is 0 Å². The van der Waals surface area contributed by atoms with Crippen LogP contribution in [0.4, 0.5) is 5.69 Å². The van der Waals surface area contributed by atoms with Crippen molar-refractivity contribution in [3.05, 3.63) is 89.2 Å². The number of ether oxygens (including phenoxy) is 1. The van der Waals surface area contributed by atoms with Gasteiger partial charge < -0.3 is 15.4 Å². The third kappa shape index (κ3) is 3.03. The number of pyridine rings is 1. The number of carbonyl (C=O) groups excluding carboxylic acids is 1. The van der Waals surface area contributed by atoms with E-state index in [-0.39, 0.29) is 11.9 Å². The Morgan fingerprint density at radius 2 is 1.97 bits per heavy atom. The molecule has 2 atom stereocenters. The highest BCUT2D eigenvalue weighted by Gasteiger charge is 2.43. The van der Waals surface area contributed by atoms with Gasteiger partial charge in [0.25, 0.3) is 0 Å². The quantitative estimate of drug-likeness (QED) is 0.724. The Kier molecular flexibility index (Phi) is 4.23. The summed E-state index contributed by atoms with van der Waals surface area (Å²) in [6.07, 6.45) is 3.06. The molecule has 5 rings (SSSR count). The predicted octanol–water partition coefficient (Wildman–Crippen LogP) is 3.57. The van der Waals surface area contributed by atoms with E-state index >= 15 is 0 Å².